The smallest absolute Gasteiger partial charge is 0.243 e. The first-order valence-corrected chi connectivity index (χ1v) is 5.80. The van der Waals surface area contributed by atoms with Crippen LogP contribution in [0.5, 0.6) is 0 Å². The number of aromatic nitrogens is 5. The molecule has 0 aliphatic carbocycles. The van der Waals surface area contributed by atoms with Gasteiger partial charge in [-0.05, 0) is 31.5 Å². The number of fused-ring (bicyclic) bond motifs is 1. The van der Waals surface area contributed by atoms with Gasteiger partial charge >= 0.3 is 0 Å². The first-order valence-electron chi connectivity index (χ1n) is 5.80. The van der Waals surface area contributed by atoms with Gasteiger partial charge in [0.2, 0.25) is 5.95 Å². The number of anilines is 1. The largest absolute Gasteiger partial charge is 0.346 e. The highest BCUT2D eigenvalue weighted by atomic mass is 15.3. The normalized spacial score (nSPS) is 12.8. The van der Waals surface area contributed by atoms with E-state index in [1.54, 1.807) is 10.7 Å². The summed E-state index contributed by atoms with van der Waals surface area (Å²) < 4.78 is 1.76. The molecule has 1 unspecified atom stereocenters. The molecular formula is C12H14N6. The number of H-pyrrole nitrogens is 1. The van der Waals surface area contributed by atoms with Crippen molar-refractivity contribution in [1.29, 1.82) is 0 Å². The average Bonchev–Trinajstić information content (AvgIpc) is 2.95. The lowest BCUT2D eigenvalue weighted by molar-refractivity contribution is 0.853. The van der Waals surface area contributed by atoms with Gasteiger partial charge < -0.3 is 5.32 Å². The summed E-state index contributed by atoms with van der Waals surface area (Å²) in [5.41, 5.74) is 3.09. The van der Waals surface area contributed by atoms with E-state index in [1.807, 2.05) is 38.4 Å². The van der Waals surface area contributed by atoms with Gasteiger partial charge in [-0.2, -0.15) is 10.1 Å². The molecule has 1 atom stereocenters. The van der Waals surface area contributed by atoms with Crippen LogP contribution in [-0.4, -0.2) is 24.8 Å². The maximum atomic E-state index is 4.43. The Bertz CT molecular complexity index is 654. The number of nitrogens with one attached hydrogen (secondary N) is 2. The quantitative estimate of drug-likeness (QED) is 0.736. The van der Waals surface area contributed by atoms with Crippen molar-refractivity contribution in [2.24, 2.45) is 0 Å². The van der Waals surface area contributed by atoms with E-state index in [9.17, 15) is 0 Å². The van der Waals surface area contributed by atoms with Crippen molar-refractivity contribution in [2.45, 2.75) is 19.9 Å². The summed E-state index contributed by atoms with van der Waals surface area (Å²) in [6.07, 6.45) is 5.56. The third-order valence-electron chi connectivity index (χ3n) is 2.86. The Hall–Kier alpha value is -2.37. The fourth-order valence-electron chi connectivity index (χ4n) is 1.82. The molecule has 0 spiro atoms. The highest BCUT2D eigenvalue weighted by molar-refractivity contribution is 5.45. The monoisotopic (exact) mass is 242 g/mol. The number of pyridine rings is 1. The molecule has 6 nitrogen and oxygen atoms in total. The van der Waals surface area contributed by atoms with Crippen molar-refractivity contribution < 1.29 is 0 Å². The maximum absolute atomic E-state index is 4.43. The molecule has 0 aliphatic rings. The van der Waals surface area contributed by atoms with E-state index >= 15 is 0 Å². The van der Waals surface area contributed by atoms with Crippen LogP contribution in [0.4, 0.5) is 5.95 Å². The summed E-state index contributed by atoms with van der Waals surface area (Å²) in [6, 6.07) is 4.12. The minimum Gasteiger partial charge on any atom is -0.346 e. The Balaban J connectivity index is 1.86. The molecule has 92 valence electrons. The van der Waals surface area contributed by atoms with Crippen LogP contribution in [0, 0.1) is 6.92 Å². The van der Waals surface area contributed by atoms with Gasteiger partial charge in [-0.3, -0.25) is 5.10 Å². The van der Waals surface area contributed by atoms with Crippen LogP contribution in [0.2, 0.25) is 0 Å². The van der Waals surface area contributed by atoms with Crippen molar-refractivity contribution >= 4 is 11.6 Å². The molecule has 0 bridgehead atoms. The predicted octanol–water partition coefficient (Wildman–Crippen LogP) is 1.93. The number of nitrogens with zero attached hydrogens (tertiary/aromatic N) is 4. The predicted molar refractivity (Wildman–Crippen MR) is 68.3 cm³/mol. The van der Waals surface area contributed by atoms with Gasteiger partial charge in [0, 0.05) is 18.0 Å². The summed E-state index contributed by atoms with van der Waals surface area (Å²) in [5, 5.41) is 14.3. The van der Waals surface area contributed by atoms with Crippen LogP contribution >= 0.6 is 0 Å². The van der Waals surface area contributed by atoms with Crippen LogP contribution in [-0.2, 0) is 0 Å². The Kier molecular flexibility index (Phi) is 2.47. The van der Waals surface area contributed by atoms with Crippen molar-refractivity contribution in [3.05, 3.63) is 41.9 Å². The van der Waals surface area contributed by atoms with Gasteiger partial charge in [-0.1, -0.05) is 0 Å². The second kappa shape index (κ2) is 4.14. The van der Waals surface area contributed by atoms with Crippen molar-refractivity contribution in [2.75, 3.05) is 5.32 Å². The summed E-state index contributed by atoms with van der Waals surface area (Å²) in [4.78, 5) is 4.43. The molecule has 0 radical (unpaired) electrons. The van der Waals surface area contributed by atoms with Gasteiger partial charge in [-0.15, -0.1) is 5.10 Å². The molecule has 0 saturated carbocycles. The number of aryl methyl sites for hydroxylation is 1. The SMILES string of the molecule is Cc1ccn2nc(NC(C)c3cn[nH]c3)nc2c1. The van der Waals surface area contributed by atoms with E-state index in [2.05, 4.69) is 25.6 Å². The highest BCUT2D eigenvalue weighted by Crippen LogP contribution is 2.16. The first kappa shape index (κ1) is 10.8. The molecule has 0 saturated heterocycles. The number of rotatable bonds is 3. The standard InChI is InChI=1S/C12H14N6/c1-8-3-4-18-11(5-8)16-12(17-18)15-9(2)10-6-13-14-7-10/h3-7,9H,1-2H3,(H,13,14)(H,15,17). The molecule has 0 amide bonds. The fourth-order valence-corrected chi connectivity index (χ4v) is 1.82. The lowest BCUT2D eigenvalue weighted by Crippen LogP contribution is -2.07. The topological polar surface area (TPSA) is 70.9 Å². The zero-order chi connectivity index (χ0) is 12.5. The average molecular weight is 242 g/mol. The summed E-state index contributed by atoms with van der Waals surface area (Å²) in [7, 11) is 0. The molecule has 2 N–H and O–H groups in total. The highest BCUT2D eigenvalue weighted by Gasteiger charge is 2.09. The lowest BCUT2D eigenvalue weighted by atomic mass is 10.2. The molecule has 18 heavy (non-hydrogen) atoms. The molecule has 0 aliphatic heterocycles. The summed E-state index contributed by atoms with van der Waals surface area (Å²) in [5.74, 6) is 0.620. The molecule has 3 aromatic heterocycles. The summed E-state index contributed by atoms with van der Waals surface area (Å²) >= 11 is 0. The van der Waals surface area contributed by atoms with E-state index in [0.717, 1.165) is 11.2 Å². The summed E-state index contributed by atoms with van der Waals surface area (Å²) in [6.45, 7) is 4.08. The second-order valence-corrected chi connectivity index (χ2v) is 4.34. The van der Waals surface area contributed by atoms with Crippen LogP contribution in [0.1, 0.15) is 24.1 Å². The molecule has 3 rings (SSSR count). The number of hydrogen-bond donors (Lipinski definition) is 2. The molecule has 0 aromatic carbocycles. The van der Waals surface area contributed by atoms with Crippen LogP contribution in [0.25, 0.3) is 5.65 Å². The third kappa shape index (κ3) is 1.92. The number of aromatic amines is 1. The fraction of sp³-hybridized carbons (Fsp3) is 0.250. The second-order valence-electron chi connectivity index (χ2n) is 4.34. The minimum absolute atomic E-state index is 0.113. The van der Waals surface area contributed by atoms with Crippen molar-refractivity contribution in [1.82, 2.24) is 24.8 Å². The van der Waals surface area contributed by atoms with Gasteiger partial charge in [0.15, 0.2) is 5.65 Å². The Morgan fingerprint density at radius 3 is 3.11 bits per heavy atom. The van der Waals surface area contributed by atoms with E-state index in [0.29, 0.717) is 5.95 Å². The Morgan fingerprint density at radius 2 is 2.33 bits per heavy atom. The lowest BCUT2D eigenvalue weighted by Gasteiger charge is -2.08. The van der Waals surface area contributed by atoms with Gasteiger partial charge in [0.1, 0.15) is 0 Å². The van der Waals surface area contributed by atoms with Crippen molar-refractivity contribution in [3.8, 4) is 0 Å². The van der Waals surface area contributed by atoms with Crippen LogP contribution in [0.3, 0.4) is 0 Å². The van der Waals surface area contributed by atoms with Gasteiger partial charge in [0.05, 0.1) is 12.2 Å². The minimum atomic E-state index is 0.113. The van der Waals surface area contributed by atoms with Crippen molar-refractivity contribution in [3.63, 3.8) is 0 Å². The van der Waals surface area contributed by atoms with E-state index in [-0.39, 0.29) is 6.04 Å². The molecule has 3 heterocycles. The molecule has 6 heteroatoms. The van der Waals surface area contributed by atoms with Crippen LogP contribution < -0.4 is 5.32 Å². The zero-order valence-corrected chi connectivity index (χ0v) is 10.3. The van der Waals surface area contributed by atoms with Crippen LogP contribution in [0.15, 0.2) is 30.7 Å². The van der Waals surface area contributed by atoms with E-state index in [4.69, 9.17) is 0 Å². The molecular weight excluding hydrogens is 228 g/mol. The zero-order valence-electron chi connectivity index (χ0n) is 10.3. The molecule has 0 fully saturated rings. The molecule has 3 aromatic rings. The number of hydrogen-bond acceptors (Lipinski definition) is 4. The first-order chi connectivity index (χ1) is 8.72. The Labute approximate surface area is 104 Å². The van der Waals surface area contributed by atoms with E-state index < -0.39 is 0 Å². The third-order valence-corrected chi connectivity index (χ3v) is 2.86. The van der Waals surface area contributed by atoms with E-state index in [1.165, 1.54) is 5.56 Å². The van der Waals surface area contributed by atoms with Gasteiger partial charge in [0.25, 0.3) is 0 Å². The van der Waals surface area contributed by atoms with Gasteiger partial charge in [-0.25, -0.2) is 4.52 Å². The Morgan fingerprint density at radius 1 is 1.44 bits per heavy atom. The maximum Gasteiger partial charge on any atom is 0.243 e.